The molecule has 0 spiro atoms. The Morgan fingerprint density at radius 1 is 1.57 bits per heavy atom. The van der Waals surface area contributed by atoms with Gasteiger partial charge in [0.15, 0.2) is 0 Å². The summed E-state index contributed by atoms with van der Waals surface area (Å²) in [4.78, 5) is 13.9. The lowest BCUT2D eigenvalue weighted by molar-refractivity contribution is -0.116. The van der Waals surface area contributed by atoms with Crippen molar-refractivity contribution in [1.82, 2.24) is 4.90 Å². The van der Waals surface area contributed by atoms with E-state index in [0.717, 1.165) is 0 Å². The van der Waals surface area contributed by atoms with E-state index in [2.05, 4.69) is 11.4 Å². The molecule has 0 radical (unpaired) electrons. The van der Waals surface area contributed by atoms with Gasteiger partial charge in [-0.25, -0.2) is 0 Å². The highest BCUT2D eigenvalue weighted by atomic mass is 16.5. The summed E-state index contributed by atoms with van der Waals surface area (Å²) in [6.45, 7) is 2.55. The quantitative estimate of drug-likeness (QED) is 0.748. The smallest absolute Gasteiger partial charge is 0.225 e. The van der Waals surface area contributed by atoms with Gasteiger partial charge in [0.2, 0.25) is 5.91 Å². The molecule has 6 heteroatoms. The maximum absolute atomic E-state index is 11.9. The second-order valence-electron chi connectivity index (χ2n) is 4.94. The highest BCUT2D eigenvalue weighted by Crippen LogP contribution is 2.24. The summed E-state index contributed by atoms with van der Waals surface area (Å²) in [7, 11) is 3.46. The number of carbonyl (C=O) groups is 1. The maximum atomic E-state index is 11.9. The summed E-state index contributed by atoms with van der Waals surface area (Å²) in [6, 6.07) is 7.38. The van der Waals surface area contributed by atoms with Gasteiger partial charge in [0, 0.05) is 25.1 Å². The van der Waals surface area contributed by atoms with Crippen LogP contribution in [0.5, 0.6) is 5.75 Å². The van der Waals surface area contributed by atoms with Gasteiger partial charge in [-0.2, -0.15) is 5.26 Å². The Hall–Kier alpha value is -2.26. The Morgan fingerprint density at radius 2 is 2.29 bits per heavy atom. The van der Waals surface area contributed by atoms with Crippen molar-refractivity contribution < 1.29 is 9.53 Å². The average molecular weight is 290 g/mol. The van der Waals surface area contributed by atoms with Crippen LogP contribution in [0.3, 0.4) is 0 Å². The molecule has 21 heavy (non-hydrogen) atoms. The largest absolute Gasteiger partial charge is 0.497 e. The van der Waals surface area contributed by atoms with Crippen molar-refractivity contribution in [2.45, 2.75) is 25.8 Å². The zero-order valence-electron chi connectivity index (χ0n) is 12.7. The van der Waals surface area contributed by atoms with Gasteiger partial charge in [0.1, 0.15) is 5.75 Å². The van der Waals surface area contributed by atoms with Crippen molar-refractivity contribution >= 4 is 17.3 Å². The summed E-state index contributed by atoms with van der Waals surface area (Å²) in [5, 5.41) is 11.4. The van der Waals surface area contributed by atoms with Crippen molar-refractivity contribution in [3.63, 3.8) is 0 Å². The lowest BCUT2D eigenvalue weighted by Crippen LogP contribution is -2.31. The highest BCUT2D eigenvalue weighted by Gasteiger charge is 2.11. The number of anilines is 2. The molecule has 0 heterocycles. The van der Waals surface area contributed by atoms with Crippen LogP contribution in [0, 0.1) is 11.3 Å². The first-order chi connectivity index (χ1) is 9.97. The molecule has 3 N–H and O–H groups in total. The third-order valence-electron chi connectivity index (χ3n) is 3.36. The normalized spacial score (nSPS) is 11.8. The van der Waals surface area contributed by atoms with Gasteiger partial charge in [0.25, 0.3) is 0 Å². The van der Waals surface area contributed by atoms with E-state index in [4.69, 9.17) is 15.7 Å². The Bertz CT molecular complexity index is 525. The van der Waals surface area contributed by atoms with Gasteiger partial charge in [-0.1, -0.05) is 0 Å². The third kappa shape index (κ3) is 5.32. The molecular weight excluding hydrogens is 268 g/mol. The fourth-order valence-corrected chi connectivity index (χ4v) is 1.78. The lowest BCUT2D eigenvalue weighted by Gasteiger charge is -2.22. The first-order valence-corrected chi connectivity index (χ1v) is 6.78. The topological polar surface area (TPSA) is 91.4 Å². The highest BCUT2D eigenvalue weighted by molar-refractivity contribution is 5.94. The molecule has 6 nitrogen and oxygen atoms in total. The van der Waals surface area contributed by atoms with Crippen LogP contribution in [0.4, 0.5) is 11.4 Å². The number of nitrogens with one attached hydrogen (secondary N) is 1. The SMILES string of the molecule is COc1ccc(NC(=O)CCN(C)C(C)CC#N)c(N)c1. The minimum absolute atomic E-state index is 0.108. The number of methoxy groups -OCH3 is 1. The monoisotopic (exact) mass is 290 g/mol. The molecule has 0 aliphatic carbocycles. The van der Waals surface area contributed by atoms with E-state index < -0.39 is 0 Å². The minimum atomic E-state index is -0.108. The van der Waals surface area contributed by atoms with E-state index in [0.29, 0.717) is 36.5 Å². The van der Waals surface area contributed by atoms with Crippen LogP contribution in [-0.2, 0) is 4.79 Å². The maximum Gasteiger partial charge on any atom is 0.225 e. The zero-order valence-corrected chi connectivity index (χ0v) is 12.7. The standard InChI is InChI=1S/C15H22N4O2/c1-11(6-8-16)19(2)9-7-15(20)18-14-5-4-12(21-3)10-13(14)17/h4-5,10-11H,6-7,9,17H2,1-3H3,(H,18,20). The number of benzene rings is 1. The first-order valence-electron chi connectivity index (χ1n) is 6.78. The number of hydrogen-bond donors (Lipinski definition) is 2. The molecule has 1 rings (SSSR count). The molecule has 0 aliphatic heterocycles. The average Bonchev–Trinajstić information content (AvgIpc) is 2.47. The fourth-order valence-electron chi connectivity index (χ4n) is 1.78. The molecule has 1 atom stereocenters. The van der Waals surface area contributed by atoms with Crippen LogP contribution < -0.4 is 15.8 Å². The molecule has 1 aromatic carbocycles. The Morgan fingerprint density at radius 3 is 2.86 bits per heavy atom. The summed E-state index contributed by atoms with van der Waals surface area (Å²) in [6.07, 6.45) is 0.793. The molecule has 1 amide bonds. The minimum Gasteiger partial charge on any atom is -0.497 e. The van der Waals surface area contributed by atoms with Gasteiger partial charge in [0.05, 0.1) is 31.0 Å². The van der Waals surface area contributed by atoms with Gasteiger partial charge >= 0.3 is 0 Å². The molecule has 0 fully saturated rings. The van der Waals surface area contributed by atoms with E-state index in [1.165, 1.54) is 0 Å². The van der Waals surface area contributed by atoms with E-state index in [9.17, 15) is 4.79 Å². The second kappa shape index (κ2) is 8.12. The van der Waals surface area contributed by atoms with E-state index >= 15 is 0 Å². The molecule has 0 saturated heterocycles. The predicted octanol–water partition coefficient (Wildman–Crippen LogP) is 1.84. The molecule has 0 aliphatic rings. The number of hydrogen-bond acceptors (Lipinski definition) is 5. The third-order valence-corrected chi connectivity index (χ3v) is 3.36. The predicted molar refractivity (Wildman–Crippen MR) is 83.0 cm³/mol. The van der Waals surface area contributed by atoms with E-state index in [1.54, 1.807) is 25.3 Å². The van der Waals surface area contributed by atoms with Crippen LogP contribution >= 0.6 is 0 Å². The zero-order chi connectivity index (χ0) is 15.8. The number of nitrogens with zero attached hydrogens (tertiary/aromatic N) is 2. The molecule has 1 unspecified atom stereocenters. The fraction of sp³-hybridized carbons (Fsp3) is 0.467. The molecular formula is C15H22N4O2. The van der Waals surface area contributed by atoms with Gasteiger partial charge in [-0.15, -0.1) is 0 Å². The molecule has 0 aromatic heterocycles. The molecule has 0 saturated carbocycles. The van der Waals surface area contributed by atoms with Crippen molar-refractivity contribution in [2.24, 2.45) is 0 Å². The van der Waals surface area contributed by atoms with Crippen molar-refractivity contribution in [3.8, 4) is 11.8 Å². The van der Waals surface area contributed by atoms with Crippen LogP contribution in [0.1, 0.15) is 19.8 Å². The summed E-state index contributed by atoms with van der Waals surface area (Å²) >= 11 is 0. The summed E-state index contributed by atoms with van der Waals surface area (Å²) < 4.78 is 5.06. The van der Waals surface area contributed by atoms with Crippen LogP contribution in [0.25, 0.3) is 0 Å². The number of ether oxygens (including phenoxy) is 1. The second-order valence-corrected chi connectivity index (χ2v) is 4.94. The Kier molecular flexibility index (Phi) is 6.50. The Labute approximate surface area is 125 Å². The molecule has 0 bridgehead atoms. The number of carbonyl (C=O) groups excluding carboxylic acids is 1. The van der Waals surface area contributed by atoms with Crippen molar-refractivity contribution in [3.05, 3.63) is 18.2 Å². The van der Waals surface area contributed by atoms with Crippen LogP contribution in [0.15, 0.2) is 18.2 Å². The first kappa shape index (κ1) is 16.8. The van der Waals surface area contributed by atoms with Gasteiger partial charge < -0.3 is 20.7 Å². The van der Waals surface area contributed by atoms with Crippen LogP contribution in [-0.4, -0.2) is 37.6 Å². The Balaban J connectivity index is 2.49. The number of nitrogen functional groups attached to an aromatic ring is 1. The van der Waals surface area contributed by atoms with Crippen LogP contribution in [0.2, 0.25) is 0 Å². The molecule has 1 aromatic rings. The van der Waals surface area contributed by atoms with Gasteiger partial charge in [-0.05, 0) is 26.1 Å². The van der Waals surface area contributed by atoms with Crippen molar-refractivity contribution in [1.29, 1.82) is 5.26 Å². The number of rotatable bonds is 7. The summed E-state index contributed by atoms with van der Waals surface area (Å²) in [5.41, 5.74) is 6.89. The number of amides is 1. The lowest BCUT2D eigenvalue weighted by atomic mass is 10.2. The number of nitrogens with two attached hydrogens (primary N) is 1. The van der Waals surface area contributed by atoms with Gasteiger partial charge in [-0.3, -0.25) is 4.79 Å². The van der Waals surface area contributed by atoms with Crippen molar-refractivity contribution in [2.75, 3.05) is 31.8 Å². The summed E-state index contributed by atoms with van der Waals surface area (Å²) in [5.74, 6) is 0.540. The molecule has 114 valence electrons. The van der Waals surface area contributed by atoms with E-state index in [-0.39, 0.29) is 11.9 Å². The van der Waals surface area contributed by atoms with E-state index in [1.807, 2.05) is 18.9 Å². The number of nitriles is 1.